The van der Waals surface area contributed by atoms with Gasteiger partial charge in [-0.1, -0.05) is 23.2 Å². The number of nitrogens with two attached hydrogens (primary N) is 1. The Balaban J connectivity index is 2.87. The van der Waals surface area contributed by atoms with Gasteiger partial charge in [0.25, 0.3) is 5.91 Å². The van der Waals surface area contributed by atoms with E-state index < -0.39 is 30.2 Å². The largest absolute Gasteiger partial charge is 0.480 e. The lowest BCUT2D eigenvalue weighted by Gasteiger charge is -2.13. The Morgan fingerprint density at radius 1 is 1.32 bits per heavy atom. The van der Waals surface area contributed by atoms with Gasteiger partial charge in [0.2, 0.25) is 5.91 Å². The molecule has 6 nitrogen and oxygen atoms in total. The molecule has 2 amide bonds. The Morgan fingerprint density at radius 2 is 1.95 bits per heavy atom. The van der Waals surface area contributed by atoms with E-state index in [0.717, 1.165) is 0 Å². The third-order valence-electron chi connectivity index (χ3n) is 2.18. The van der Waals surface area contributed by atoms with Gasteiger partial charge in [-0.2, -0.15) is 0 Å². The minimum Gasteiger partial charge on any atom is -0.480 e. The second kappa shape index (κ2) is 6.40. The van der Waals surface area contributed by atoms with E-state index in [4.69, 9.17) is 34.0 Å². The molecule has 0 spiro atoms. The van der Waals surface area contributed by atoms with Gasteiger partial charge < -0.3 is 16.2 Å². The van der Waals surface area contributed by atoms with Crippen LogP contribution in [0.1, 0.15) is 16.8 Å². The SMILES string of the molecule is NC(=O)C[C@H](NC(=O)c1ccc(Cl)cc1Cl)C(=O)O. The van der Waals surface area contributed by atoms with Crippen LogP contribution in [0.2, 0.25) is 10.0 Å². The minimum absolute atomic E-state index is 0.0572. The van der Waals surface area contributed by atoms with Crippen LogP contribution in [0.4, 0.5) is 0 Å². The zero-order chi connectivity index (χ0) is 14.6. The van der Waals surface area contributed by atoms with Crippen molar-refractivity contribution >= 4 is 41.0 Å². The fourth-order valence-corrected chi connectivity index (χ4v) is 1.81. The smallest absolute Gasteiger partial charge is 0.326 e. The first-order valence-electron chi connectivity index (χ1n) is 5.08. The summed E-state index contributed by atoms with van der Waals surface area (Å²) in [7, 11) is 0. The van der Waals surface area contributed by atoms with Gasteiger partial charge in [-0.3, -0.25) is 9.59 Å². The Hall–Kier alpha value is -1.79. The molecule has 1 atom stereocenters. The molecule has 0 aliphatic heterocycles. The molecule has 0 bridgehead atoms. The number of carboxylic acid groups (broad SMARTS) is 1. The molecular weight excluding hydrogens is 295 g/mol. The molecule has 0 saturated carbocycles. The molecule has 0 radical (unpaired) electrons. The van der Waals surface area contributed by atoms with Crippen molar-refractivity contribution < 1.29 is 19.5 Å². The molecule has 19 heavy (non-hydrogen) atoms. The maximum Gasteiger partial charge on any atom is 0.326 e. The zero-order valence-corrected chi connectivity index (χ0v) is 11.0. The molecule has 8 heteroatoms. The minimum atomic E-state index is -1.41. The average Bonchev–Trinajstić information content (AvgIpc) is 2.26. The topological polar surface area (TPSA) is 109 Å². The normalized spacial score (nSPS) is 11.7. The number of carbonyl (C=O) groups is 3. The van der Waals surface area contributed by atoms with E-state index in [1.807, 2.05) is 0 Å². The highest BCUT2D eigenvalue weighted by Crippen LogP contribution is 2.20. The van der Waals surface area contributed by atoms with Gasteiger partial charge in [0, 0.05) is 5.02 Å². The number of carbonyl (C=O) groups excluding carboxylic acids is 2. The number of halogens is 2. The second-order valence-corrected chi connectivity index (χ2v) is 4.50. The van der Waals surface area contributed by atoms with E-state index in [1.165, 1.54) is 18.2 Å². The molecule has 0 heterocycles. The number of rotatable bonds is 5. The molecule has 1 rings (SSSR count). The van der Waals surface area contributed by atoms with E-state index >= 15 is 0 Å². The summed E-state index contributed by atoms with van der Waals surface area (Å²) in [5.74, 6) is -2.93. The summed E-state index contributed by atoms with van der Waals surface area (Å²) in [6, 6.07) is 2.73. The van der Waals surface area contributed by atoms with Crippen molar-refractivity contribution in [3.8, 4) is 0 Å². The average molecular weight is 305 g/mol. The quantitative estimate of drug-likeness (QED) is 0.755. The number of primary amides is 1. The van der Waals surface area contributed by atoms with Crippen LogP contribution in [0.5, 0.6) is 0 Å². The number of amides is 2. The van der Waals surface area contributed by atoms with Crippen LogP contribution in [-0.2, 0) is 9.59 Å². The number of benzene rings is 1. The highest BCUT2D eigenvalue weighted by Gasteiger charge is 2.23. The van der Waals surface area contributed by atoms with E-state index in [-0.39, 0.29) is 10.6 Å². The number of hydrogen-bond donors (Lipinski definition) is 3. The summed E-state index contributed by atoms with van der Waals surface area (Å²) in [6.07, 6.45) is -0.508. The highest BCUT2D eigenvalue weighted by molar-refractivity contribution is 6.36. The van der Waals surface area contributed by atoms with Gasteiger partial charge in [0.05, 0.1) is 17.0 Å². The summed E-state index contributed by atoms with van der Waals surface area (Å²) in [4.78, 5) is 33.4. The van der Waals surface area contributed by atoms with Crippen LogP contribution in [0, 0.1) is 0 Å². The van der Waals surface area contributed by atoms with Crippen molar-refractivity contribution in [1.82, 2.24) is 5.32 Å². The Labute approximate surface area is 118 Å². The monoisotopic (exact) mass is 304 g/mol. The van der Waals surface area contributed by atoms with Crippen molar-refractivity contribution in [3.63, 3.8) is 0 Å². The Bertz CT molecular complexity index is 533. The molecule has 1 aromatic rings. The number of hydrogen-bond acceptors (Lipinski definition) is 3. The molecule has 0 unspecified atom stereocenters. The maximum absolute atomic E-state index is 11.8. The molecule has 0 fully saturated rings. The standard InChI is InChI=1S/C11H10Cl2N2O4/c12-5-1-2-6(7(13)3-5)10(17)15-8(11(18)19)4-9(14)16/h1-3,8H,4H2,(H2,14,16)(H,15,17)(H,18,19)/t8-/m0/s1. The van der Waals surface area contributed by atoms with E-state index in [1.54, 1.807) is 0 Å². The first-order valence-corrected chi connectivity index (χ1v) is 5.84. The van der Waals surface area contributed by atoms with Crippen LogP contribution < -0.4 is 11.1 Å². The summed E-state index contributed by atoms with van der Waals surface area (Å²) in [6.45, 7) is 0. The molecule has 0 aliphatic rings. The highest BCUT2D eigenvalue weighted by atomic mass is 35.5. The van der Waals surface area contributed by atoms with Crippen molar-refractivity contribution in [1.29, 1.82) is 0 Å². The molecular formula is C11H10Cl2N2O4. The molecule has 0 aromatic heterocycles. The number of carboxylic acids is 1. The molecule has 0 aliphatic carbocycles. The Morgan fingerprint density at radius 3 is 2.42 bits per heavy atom. The van der Waals surface area contributed by atoms with E-state index in [2.05, 4.69) is 5.32 Å². The zero-order valence-electron chi connectivity index (χ0n) is 9.52. The number of nitrogens with one attached hydrogen (secondary N) is 1. The lowest BCUT2D eigenvalue weighted by atomic mass is 10.1. The van der Waals surface area contributed by atoms with Crippen LogP contribution >= 0.6 is 23.2 Å². The summed E-state index contributed by atoms with van der Waals surface area (Å²) in [5.41, 5.74) is 4.96. The molecule has 102 valence electrons. The van der Waals surface area contributed by atoms with Crippen LogP contribution in [0.3, 0.4) is 0 Å². The van der Waals surface area contributed by atoms with Crippen molar-refractivity contribution in [2.45, 2.75) is 12.5 Å². The van der Waals surface area contributed by atoms with Gasteiger partial charge >= 0.3 is 5.97 Å². The maximum atomic E-state index is 11.8. The van der Waals surface area contributed by atoms with Gasteiger partial charge in [-0.05, 0) is 18.2 Å². The van der Waals surface area contributed by atoms with Gasteiger partial charge in [-0.15, -0.1) is 0 Å². The second-order valence-electron chi connectivity index (χ2n) is 3.66. The van der Waals surface area contributed by atoms with Gasteiger partial charge in [0.15, 0.2) is 0 Å². The Kier molecular flexibility index (Phi) is 5.14. The summed E-state index contributed by atoms with van der Waals surface area (Å²) >= 11 is 11.5. The van der Waals surface area contributed by atoms with Crippen molar-refractivity contribution in [3.05, 3.63) is 33.8 Å². The summed E-state index contributed by atoms with van der Waals surface area (Å²) in [5, 5.41) is 11.4. The van der Waals surface area contributed by atoms with Crippen LogP contribution in [0.15, 0.2) is 18.2 Å². The number of aliphatic carboxylic acids is 1. The lowest BCUT2D eigenvalue weighted by molar-refractivity contribution is -0.140. The van der Waals surface area contributed by atoms with Crippen molar-refractivity contribution in [2.75, 3.05) is 0 Å². The molecule has 4 N–H and O–H groups in total. The lowest BCUT2D eigenvalue weighted by Crippen LogP contribution is -2.43. The third kappa shape index (κ3) is 4.42. The van der Waals surface area contributed by atoms with Crippen LogP contribution in [0.25, 0.3) is 0 Å². The molecule has 1 aromatic carbocycles. The fourth-order valence-electron chi connectivity index (χ4n) is 1.31. The first kappa shape index (κ1) is 15.3. The first-order chi connectivity index (χ1) is 8.81. The fraction of sp³-hybridized carbons (Fsp3) is 0.182. The third-order valence-corrected chi connectivity index (χ3v) is 2.73. The van der Waals surface area contributed by atoms with Gasteiger partial charge in [-0.25, -0.2) is 4.79 Å². The molecule has 0 saturated heterocycles. The predicted octanol–water partition coefficient (Wildman–Crippen LogP) is 1.05. The van der Waals surface area contributed by atoms with Gasteiger partial charge in [0.1, 0.15) is 6.04 Å². The predicted molar refractivity (Wildman–Crippen MR) is 69.2 cm³/mol. The van der Waals surface area contributed by atoms with Crippen LogP contribution in [-0.4, -0.2) is 28.9 Å². The van der Waals surface area contributed by atoms with E-state index in [9.17, 15) is 14.4 Å². The van der Waals surface area contributed by atoms with E-state index in [0.29, 0.717) is 5.02 Å². The van der Waals surface area contributed by atoms with Crippen molar-refractivity contribution in [2.24, 2.45) is 5.73 Å². The summed E-state index contributed by atoms with van der Waals surface area (Å²) < 4.78 is 0.